The lowest BCUT2D eigenvalue weighted by atomic mass is 10.1. The molecule has 0 atom stereocenters. The van der Waals surface area contributed by atoms with Gasteiger partial charge in [-0.25, -0.2) is 4.79 Å². The number of nitro groups is 1. The fraction of sp³-hybridized carbons (Fsp3) is 0.250. The predicted octanol–water partition coefficient (Wildman–Crippen LogP) is 2.56. The molecule has 0 unspecified atom stereocenters. The fourth-order valence-corrected chi connectivity index (χ4v) is 1.89. The van der Waals surface area contributed by atoms with Gasteiger partial charge in [0.2, 0.25) is 0 Å². The number of nitrogens with zero attached hydrogens (tertiary/aromatic N) is 1. The van der Waals surface area contributed by atoms with Crippen molar-refractivity contribution in [2.75, 3.05) is 6.61 Å². The maximum Gasteiger partial charge on any atom is 0.340 e. The van der Waals surface area contributed by atoms with Gasteiger partial charge in [-0.15, -0.1) is 0 Å². The van der Waals surface area contributed by atoms with Crippen LogP contribution in [0.5, 0.6) is 0 Å². The van der Waals surface area contributed by atoms with E-state index in [0.29, 0.717) is 22.2 Å². The first-order chi connectivity index (χ1) is 8.54. The SMILES string of the molecule is CCOC(=O)c1c(C)[nH]c2ccc([N+](=O)[O-])cc12. The molecule has 1 aromatic heterocycles. The van der Waals surface area contributed by atoms with Gasteiger partial charge in [0.1, 0.15) is 0 Å². The van der Waals surface area contributed by atoms with Crippen LogP contribution in [0.25, 0.3) is 10.9 Å². The lowest BCUT2D eigenvalue weighted by molar-refractivity contribution is -0.384. The van der Waals surface area contributed by atoms with E-state index in [1.807, 2.05) is 0 Å². The van der Waals surface area contributed by atoms with Crippen molar-refractivity contribution in [2.45, 2.75) is 13.8 Å². The molecule has 0 bridgehead atoms. The van der Waals surface area contributed by atoms with E-state index < -0.39 is 10.9 Å². The number of rotatable bonds is 3. The molecule has 0 radical (unpaired) electrons. The summed E-state index contributed by atoms with van der Waals surface area (Å²) in [6.07, 6.45) is 0. The summed E-state index contributed by atoms with van der Waals surface area (Å²) in [7, 11) is 0. The minimum atomic E-state index is -0.489. The molecule has 0 saturated carbocycles. The molecule has 1 N–H and O–H groups in total. The van der Waals surface area contributed by atoms with E-state index in [-0.39, 0.29) is 12.3 Å². The highest BCUT2D eigenvalue weighted by molar-refractivity contribution is 6.06. The van der Waals surface area contributed by atoms with E-state index in [2.05, 4.69) is 4.98 Å². The fourth-order valence-electron chi connectivity index (χ4n) is 1.89. The van der Waals surface area contributed by atoms with Gasteiger partial charge in [0.05, 0.1) is 17.1 Å². The highest BCUT2D eigenvalue weighted by atomic mass is 16.6. The summed E-state index contributed by atoms with van der Waals surface area (Å²) in [6, 6.07) is 4.36. The van der Waals surface area contributed by atoms with Crippen LogP contribution < -0.4 is 0 Å². The third-order valence-corrected chi connectivity index (χ3v) is 2.66. The molecule has 0 aliphatic rings. The number of hydrogen-bond acceptors (Lipinski definition) is 4. The molecular formula is C12H12N2O4. The summed E-state index contributed by atoms with van der Waals surface area (Å²) in [6.45, 7) is 3.71. The highest BCUT2D eigenvalue weighted by Crippen LogP contribution is 2.26. The number of hydrogen-bond donors (Lipinski definition) is 1. The first kappa shape index (κ1) is 12.1. The molecule has 2 rings (SSSR count). The number of nitrogens with one attached hydrogen (secondary N) is 1. The summed E-state index contributed by atoms with van der Waals surface area (Å²) < 4.78 is 4.95. The minimum Gasteiger partial charge on any atom is -0.462 e. The maximum atomic E-state index is 11.8. The minimum absolute atomic E-state index is 0.0490. The van der Waals surface area contributed by atoms with Gasteiger partial charge in [-0.05, 0) is 19.9 Å². The maximum absolute atomic E-state index is 11.8. The van der Waals surface area contributed by atoms with E-state index in [1.165, 1.54) is 12.1 Å². The van der Waals surface area contributed by atoms with Gasteiger partial charge in [0.25, 0.3) is 5.69 Å². The van der Waals surface area contributed by atoms with Crippen LogP contribution >= 0.6 is 0 Å². The van der Waals surface area contributed by atoms with Crippen LogP contribution in [0, 0.1) is 17.0 Å². The summed E-state index contributed by atoms with van der Waals surface area (Å²) in [5, 5.41) is 11.3. The molecule has 0 aliphatic heterocycles. The van der Waals surface area contributed by atoms with Crippen LogP contribution in [-0.4, -0.2) is 22.5 Å². The van der Waals surface area contributed by atoms with Gasteiger partial charge in [0.15, 0.2) is 0 Å². The molecular weight excluding hydrogens is 236 g/mol. The quantitative estimate of drug-likeness (QED) is 0.514. The zero-order valence-electron chi connectivity index (χ0n) is 10.0. The molecule has 1 heterocycles. The number of aromatic nitrogens is 1. The first-order valence-corrected chi connectivity index (χ1v) is 5.48. The van der Waals surface area contributed by atoms with Crippen LogP contribution in [0.2, 0.25) is 0 Å². The van der Waals surface area contributed by atoms with Gasteiger partial charge >= 0.3 is 5.97 Å². The Bertz CT molecular complexity index is 630. The Morgan fingerprint density at radius 2 is 2.22 bits per heavy atom. The van der Waals surface area contributed by atoms with Crippen molar-refractivity contribution in [3.8, 4) is 0 Å². The van der Waals surface area contributed by atoms with E-state index >= 15 is 0 Å². The molecule has 1 aromatic carbocycles. The Labute approximate surface area is 103 Å². The number of fused-ring (bicyclic) bond motifs is 1. The molecule has 6 nitrogen and oxygen atoms in total. The van der Waals surface area contributed by atoms with Crippen molar-refractivity contribution in [2.24, 2.45) is 0 Å². The number of carbonyl (C=O) groups is 1. The van der Waals surface area contributed by atoms with E-state index in [4.69, 9.17) is 4.74 Å². The van der Waals surface area contributed by atoms with Crippen LogP contribution in [0.15, 0.2) is 18.2 Å². The lowest BCUT2D eigenvalue weighted by Gasteiger charge is -2.01. The third kappa shape index (κ3) is 1.92. The number of ether oxygens (including phenoxy) is 1. The predicted molar refractivity (Wildman–Crippen MR) is 65.6 cm³/mol. The molecule has 0 amide bonds. The van der Waals surface area contributed by atoms with E-state index in [9.17, 15) is 14.9 Å². The molecule has 18 heavy (non-hydrogen) atoms. The number of non-ortho nitro benzene ring substituents is 1. The van der Waals surface area contributed by atoms with E-state index in [1.54, 1.807) is 19.9 Å². The monoisotopic (exact) mass is 248 g/mol. The standard InChI is InChI=1S/C12H12N2O4/c1-3-18-12(15)11-7(2)13-10-5-4-8(14(16)17)6-9(10)11/h4-6,13H,3H2,1-2H3. The summed E-state index contributed by atoms with van der Waals surface area (Å²) in [4.78, 5) is 25.1. The number of benzene rings is 1. The van der Waals surface area contributed by atoms with Crippen molar-refractivity contribution in [1.82, 2.24) is 4.98 Å². The second-order valence-electron chi connectivity index (χ2n) is 3.83. The van der Waals surface area contributed by atoms with Gasteiger partial charge in [-0.1, -0.05) is 0 Å². The van der Waals surface area contributed by atoms with Crippen LogP contribution in [0.3, 0.4) is 0 Å². The Balaban J connectivity index is 2.64. The molecule has 6 heteroatoms. The average Bonchev–Trinajstić information content (AvgIpc) is 2.63. The molecule has 0 spiro atoms. The van der Waals surface area contributed by atoms with E-state index in [0.717, 1.165) is 0 Å². The van der Waals surface area contributed by atoms with Gasteiger partial charge in [-0.2, -0.15) is 0 Å². The zero-order valence-corrected chi connectivity index (χ0v) is 10.0. The van der Waals surface area contributed by atoms with Crippen molar-refractivity contribution < 1.29 is 14.5 Å². The molecule has 94 valence electrons. The Morgan fingerprint density at radius 1 is 1.50 bits per heavy atom. The Hall–Kier alpha value is -2.37. The molecule has 0 fully saturated rings. The van der Waals surface area contributed by atoms with Crippen LogP contribution in [0.4, 0.5) is 5.69 Å². The third-order valence-electron chi connectivity index (χ3n) is 2.66. The molecule has 0 aliphatic carbocycles. The molecule has 0 saturated heterocycles. The smallest absolute Gasteiger partial charge is 0.340 e. The lowest BCUT2D eigenvalue weighted by Crippen LogP contribution is -2.05. The first-order valence-electron chi connectivity index (χ1n) is 5.48. The van der Waals surface area contributed by atoms with Crippen LogP contribution in [-0.2, 0) is 4.74 Å². The summed E-state index contributed by atoms with van der Waals surface area (Å²) in [5.41, 5.74) is 1.63. The van der Waals surface area contributed by atoms with Crippen molar-refractivity contribution in [3.05, 3.63) is 39.6 Å². The van der Waals surface area contributed by atoms with Crippen LogP contribution in [0.1, 0.15) is 23.0 Å². The highest BCUT2D eigenvalue weighted by Gasteiger charge is 2.19. The molecule has 2 aromatic rings. The number of nitro benzene ring substituents is 1. The van der Waals surface area contributed by atoms with Crippen molar-refractivity contribution >= 4 is 22.6 Å². The average molecular weight is 248 g/mol. The summed E-state index contributed by atoms with van der Waals surface area (Å²) >= 11 is 0. The number of aromatic amines is 1. The number of aryl methyl sites for hydroxylation is 1. The second-order valence-corrected chi connectivity index (χ2v) is 3.83. The number of H-pyrrole nitrogens is 1. The number of carbonyl (C=O) groups excluding carboxylic acids is 1. The zero-order chi connectivity index (χ0) is 13.3. The Kier molecular flexibility index (Phi) is 3.01. The van der Waals surface area contributed by atoms with Gasteiger partial charge < -0.3 is 9.72 Å². The van der Waals surface area contributed by atoms with Gasteiger partial charge in [0, 0.05) is 28.7 Å². The summed E-state index contributed by atoms with van der Waals surface area (Å²) in [5.74, 6) is -0.471. The van der Waals surface area contributed by atoms with Crippen molar-refractivity contribution in [1.29, 1.82) is 0 Å². The normalized spacial score (nSPS) is 10.6. The van der Waals surface area contributed by atoms with Crippen molar-refractivity contribution in [3.63, 3.8) is 0 Å². The second kappa shape index (κ2) is 4.48. The van der Waals surface area contributed by atoms with Gasteiger partial charge in [-0.3, -0.25) is 10.1 Å². The number of esters is 1. The topological polar surface area (TPSA) is 85.2 Å². The largest absolute Gasteiger partial charge is 0.462 e. The Morgan fingerprint density at radius 3 is 2.83 bits per heavy atom.